The van der Waals surface area contributed by atoms with Gasteiger partial charge in [0.2, 0.25) is 5.91 Å². The highest BCUT2D eigenvalue weighted by Gasteiger charge is 2.25. The molecule has 1 aromatic heterocycles. The zero-order valence-electron chi connectivity index (χ0n) is 22.2. The summed E-state index contributed by atoms with van der Waals surface area (Å²) in [6.45, 7) is 1.84. The van der Waals surface area contributed by atoms with Gasteiger partial charge < -0.3 is 15.5 Å². The fourth-order valence-electron chi connectivity index (χ4n) is 5.32. The molecule has 2 N–H and O–H groups in total. The zero-order chi connectivity index (χ0) is 26.6. The first-order valence-electron chi connectivity index (χ1n) is 13.4. The smallest absolute Gasteiger partial charge is 0.227 e. The number of aromatic nitrogens is 1. The van der Waals surface area contributed by atoms with Gasteiger partial charge in [-0.25, -0.2) is 9.37 Å². The van der Waals surface area contributed by atoms with Crippen molar-refractivity contribution in [3.8, 4) is 11.1 Å². The molecule has 196 valence electrons. The average molecular weight is 511 g/mol. The lowest BCUT2D eigenvalue weighted by Gasteiger charge is -2.31. The predicted octanol–water partition coefficient (Wildman–Crippen LogP) is 6.75. The van der Waals surface area contributed by atoms with E-state index in [2.05, 4.69) is 27.7 Å². The second-order valence-corrected chi connectivity index (χ2v) is 10.5. The second kappa shape index (κ2) is 11.2. The molecule has 0 bridgehead atoms. The summed E-state index contributed by atoms with van der Waals surface area (Å²) in [5.74, 6) is 0.102. The molecule has 1 atom stereocenters. The normalized spacial score (nSPS) is 18.1. The highest BCUT2D eigenvalue weighted by molar-refractivity contribution is 5.93. The number of rotatable bonds is 7. The number of hydrogen-bond acceptors (Lipinski definition) is 4. The quantitative estimate of drug-likeness (QED) is 0.289. The zero-order valence-corrected chi connectivity index (χ0v) is 22.2. The minimum Gasteiger partial charge on any atom is -0.377 e. The maximum atomic E-state index is 14.8. The van der Waals surface area contributed by atoms with Crippen LogP contribution in [0.25, 0.3) is 22.0 Å². The van der Waals surface area contributed by atoms with Gasteiger partial charge in [0, 0.05) is 48.9 Å². The van der Waals surface area contributed by atoms with Crippen LogP contribution in [-0.4, -0.2) is 37.1 Å². The number of para-hydroxylation sites is 1. The van der Waals surface area contributed by atoms with E-state index < -0.39 is 5.92 Å². The summed E-state index contributed by atoms with van der Waals surface area (Å²) in [6.07, 6.45) is 3.69. The Labute approximate surface area is 224 Å². The first kappa shape index (κ1) is 25.7. The van der Waals surface area contributed by atoms with Crippen LogP contribution < -0.4 is 15.5 Å². The maximum absolute atomic E-state index is 14.8. The van der Waals surface area contributed by atoms with Gasteiger partial charge in [-0.3, -0.25) is 4.79 Å². The molecule has 0 saturated heterocycles. The van der Waals surface area contributed by atoms with Crippen LogP contribution in [0.5, 0.6) is 0 Å². The van der Waals surface area contributed by atoms with E-state index in [0.717, 1.165) is 53.7 Å². The minimum absolute atomic E-state index is 0.0555. The number of nitrogens with one attached hydrogen (secondary N) is 2. The molecule has 0 spiro atoms. The van der Waals surface area contributed by atoms with Crippen molar-refractivity contribution in [3.05, 3.63) is 90.2 Å². The molecule has 6 heteroatoms. The summed E-state index contributed by atoms with van der Waals surface area (Å²) in [7, 11) is 4.10. The van der Waals surface area contributed by atoms with Crippen LogP contribution in [0.1, 0.15) is 44.1 Å². The number of pyridine rings is 1. The molecule has 1 fully saturated rings. The Morgan fingerprint density at radius 1 is 0.921 bits per heavy atom. The molecule has 1 saturated carbocycles. The first-order valence-corrected chi connectivity index (χ1v) is 13.4. The highest BCUT2D eigenvalue weighted by Crippen LogP contribution is 2.30. The molecule has 1 aliphatic rings. The van der Waals surface area contributed by atoms with Crippen molar-refractivity contribution in [2.45, 2.75) is 50.6 Å². The van der Waals surface area contributed by atoms with Gasteiger partial charge in [-0.15, -0.1) is 0 Å². The molecule has 1 heterocycles. The van der Waals surface area contributed by atoms with Crippen molar-refractivity contribution < 1.29 is 9.18 Å². The van der Waals surface area contributed by atoms with Crippen LogP contribution in [0.4, 0.5) is 15.9 Å². The molecular formula is C32H35FN4O. The topological polar surface area (TPSA) is 57.3 Å². The molecule has 4 aromatic rings. The van der Waals surface area contributed by atoms with Gasteiger partial charge >= 0.3 is 0 Å². The van der Waals surface area contributed by atoms with Gasteiger partial charge in [-0.05, 0) is 55.9 Å². The molecule has 1 aliphatic carbocycles. The summed E-state index contributed by atoms with van der Waals surface area (Å²) in [6, 6.07) is 25.3. The molecule has 0 aliphatic heterocycles. The third-order valence-electron chi connectivity index (χ3n) is 7.57. The summed E-state index contributed by atoms with van der Waals surface area (Å²) in [5.41, 5.74) is 4.18. The first-order chi connectivity index (χ1) is 18.4. The Morgan fingerprint density at radius 2 is 1.61 bits per heavy atom. The van der Waals surface area contributed by atoms with Gasteiger partial charge in [0.15, 0.2) is 0 Å². The Morgan fingerprint density at radius 3 is 2.32 bits per heavy atom. The minimum atomic E-state index is -0.420. The number of amides is 1. The predicted molar refractivity (Wildman–Crippen MR) is 154 cm³/mol. The third kappa shape index (κ3) is 5.64. The fraction of sp³-hybridized carbons (Fsp3) is 0.312. The largest absolute Gasteiger partial charge is 0.377 e. The lowest BCUT2D eigenvalue weighted by atomic mass is 9.90. The second-order valence-electron chi connectivity index (χ2n) is 10.5. The number of nitrogens with zero attached hydrogens (tertiary/aromatic N) is 2. The van der Waals surface area contributed by atoms with Crippen LogP contribution in [0, 0.1) is 5.82 Å². The SMILES string of the molecule is C[C@H](C(=O)NC1CCC(Nc2cc(N(C)C)c3ccccc3n2)CC1)c1ccc(-c2ccccc2)c(F)c1. The third-order valence-corrected chi connectivity index (χ3v) is 7.57. The number of hydrogen-bond donors (Lipinski definition) is 2. The number of fused-ring (bicyclic) bond motifs is 1. The van der Waals surface area contributed by atoms with Crippen LogP contribution in [0.15, 0.2) is 78.9 Å². The average Bonchev–Trinajstić information content (AvgIpc) is 2.93. The van der Waals surface area contributed by atoms with E-state index in [4.69, 9.17) is 4.98 Å². The standard InChI is InChI=1S/C32H35FN4O/c1-21(23-13-18-26(28(33)19-23)22-9-5-4-6-10-22)32(38)35-25-16-14-24(15-17-25)34-31-20-30(37(2)3)27-11-7-8-12-29(27)36-31/h4-13,18-21,24-25H,14-17H2,1-3H3,(H,34,36)(H,35,38)/t21-,24?,25?/m0/s1. The summed E-state index contributed by atoms with van der Waals surface area (Å²) < 4.78 is 14.8. The lowest BCUT2D eigenvalue weighted by Crippen LogP contribution is -2.41. The van der Waals surface area contributed by atoms with E-state index >= 15 is 0 Å². The van der Waals surface area contributed by atoms with E-state index in [1.54, 1.807) is 6.07 Å². The van der Waals surface area contributed by atoms with Crippen LogP contribution in [-0.2, 0) is 4.79 Å². The number of anilines is 2. The van der Waals surface area contributed by atoms with Crippen molar-refractivity contribution in [3.63, 3.8) is 0 Å². The molecule has 1 amide bonds. The number of halogens is 1. The molecule has 5 rings (SSSR count). The van der Waals surface area contributed by atoms with Crippen molar-refractivity contribution in [2.24, 2.45) is 0 Å². The lowest BCUT2D eigenvalue weighted by molar-refractivity contribution is -0.123. The van der Waals surface area contributed by atoms with Crippen molar-refractivity contribution in [1.29, 1.82) is 0 Å². The summed E-state index contributed by atoms with van der Waals surface area (Å²) >= 11 is 0. The van der Waals surface area contributed by atoms with Gasteiger partial charge in [0.05, 0.1) is 11.4 Å². The van der Waals surface area contributed by atoms with Crippen molar-refractivity contribution >= 4 is 28.3 Å². The van der Waals surface area contributed by atoms with Crippen LogP contribution in [0.2, 0.25) is 0 Å². The van der Waals surface area contributed by atoms with E-state index in [0.29, 0.717) is 17.2 Å². The molecule has 3 aromatic carbocycles. The van der Waals surface area contributed by atoms with Gasteiger partial charge in [0.25, 0.3) is 0 Å². The van der Waals surface area contributed by atoms with Gasteiger partial charge in [0.1, 0.15) is 11.6 Å². The van der Waals surface area contributed by atoms with E-state index in [1.807, 2.05) is 75.6 Å². The van der Waals surface area contributed by atoms with Crippen molar-refractivity contribution in [2.75, 3.05) is 24.3 Å². The molecular weight excluding hydrogens is 475 g/mol. The summed E-state index contributed by atoms with van der Waals surface area (Å²) in [4.78, 5) is 20.0. The van der Waals surface area contributed by atoms with Crippen LogP contribution in [0.3, 0.4) is 0 Å². The van der Waals surface area contributed by atoms with Crippen LogP contribution >= 0.6 is 0 Å². The van der Waals surface area contributed by atoms with E-state index in [9.17, 15) is 9.18 Å². The molecule has 38 heavy (non-hydrogen) atoms. The Balaban J connectivity index is 1.17. The number of carbonyl (C=O) groups excluding carboxylic acids is 1. The molecule has 0 radical (unpaired) electrons. The van der Waals surface area contributed by atoms with Crippen molar-refractivity contribution in [1.82, 2.24) is 10.3 Å². The maximum Gasteiger partial charge on any atom is 0.227 e. The monoisotopic (exact) mass is 510 g/mol. The van der Waals surface area contributed by atoms with Gasteiger partial charge in [-0.2, -0.15) is 0 Å². The Hall–Kier alpha value is -3.93. The molecule has 0 unspecified atom stereocenters. The van der Waals surface area contributed by atoms with E-state index in [1.165, 1.54) is 6.07 Å². The molecule has 5 nitrogen and oxygen atoms in total. The Kier molecular flexibility index (Phi) is 7.59. The Bertz CT molecular complexity index is 1410. The number of carbonyl (C=O) groups is 1. The van der Waals surface area contributed by atoms with E-state index in [-0.39, 0.29) is 17.8 Å². The van der Waals surface area contributed by atoms with Gasteiger partial charge in [-0.1, -0.05) is 60.7 Å². The summed E-state index contributed by atoms with van der Waals surface area (Å²) in [5, 5.41) is 7.96. The fourth-order valence-corrected chi connectivity index (χ4v) is 5.32. The highest BCUT2D eigenvalue weighted by atomic mass is 19.1. The number of benzene rings is 3.